The maximum atomic E-state index is 12.2. The van der Waals surface area contributed by atoms with Crippen LogP contribution in [0.25, 0.3) is 0 Å². The van der Waals surface area contributed by atoms with Gasteiger partial charge in [0.1, 0.15) is 0 Å². The lowest BCUT2D eigenvalue weighted by Gasteiger charge is -2.50. The summed E-state index contributed by atoms with van der Waals surface area (Å²) >= 11 is 0. The van der Waals surface area contributed by atoms with Crippen molar-refractivity contribution in [3.8, 4) is 0 Å². The molecule has 2 aliphatic rings. The molecule has 0 spiro atoms. The Morgan fingerprint density at radius 3 is 2.42 bits per heavy atom. The highest BCUT2D eigenvalue weighted by Crippen LogP contribution is 2.34. The van der Waals surface area contributed by atoms with Gasteiger partial charge in [-0.2, -0.15) is 0 Å². The van der Waals surface area contributed by atoms with Gasteiger partial charge in [-0.3, -0.25) is 9.69 Å². The van der Waals surface area contributed by atoms with Gasteiger partial charge < -0.3 is 10.2 Å². The molecule has 0 aromatic carbocycles. The third-order valence-electron chi connectivity index (χ3n) is 4.72. The Hall–Kier alpha value is -0.610. The van der Waals surface area contributed by atoms with Crippen LogP contribution in [0.5, 0.6) is 0 Å². The number of nitrogens with zero attached hydrogens (tertiary/aromatic N) is 2. The number of nitrogens with one attached hydrogen (secondary N) is 1. The molecule has 0 aliphatic carbocycles. The molecule has 1 amide bonds. The lowest BCUT2D eigenvalue weighted by atomic mass is 9.77. The summed E-state index contributed by atoms with van der Waals surface area (Å²) in [6.07, 6.45) is 1.11. The molecule has 0 saturated carbocycles. The van der Waals surface area contributed by atoms with E-state index in [9.17, 15) is 4.79 Å². The molecule has 4 heteroatoms. The molecular formula is C15H29N3O. The first-order chi connectivity index (χ1) is 8.92. The number of rotatable bonds is 2. The van der Waals surface area contributed by atoms with Crippen LogP contribution < -0.4 is 5.32 Å². The molecule has 1 atom stereocenters. The average molecular weight is 267 g/mol. The van der Waals surface area contributed by atoms with Crippen molar-refractivity contribution in [1.82, 2.24) is 15.1 Å². The van der Waals surface area contributed by atoms with Crippen LogP contribution >= 0.6 is 0 Å². The van der Waals surface area contributed by atoms with Crippen LogP contribution in [-0.2, 0) is 4.79 Å². The molecule has 0 aromatic heterocycles. The van der Waals surface area contributed by atoms with Crippen LogP contribution in [0, 0.1) is 11.3 Å². The van der Waals surface area contributed by atoms with Crippen molar-refractivity contribution in [2.75, 3.05) is 39.3 Å². The van der Waals surface area contributed by atoms with Gasteiger partial charge in [-0.1, -0.05) is 27.7 Å². The third-order valence-corrected chi connectivity index (χ3v) is 4.72. The highest BCUT2D eigenvalue weighted by molar-refractivity contribution is 5.78. The summed E-state index contributed by atoms with van der Waals surface area (Å²) in [7, 11) is 0. The number of carbonyl (C=O) groups excluding carboxylic acids is 1. The highest BCUT2D eigenvalue weighted by atomic mass is 16.2. The van der Waals surface area contributed by atoms with E-state index in [1.807, 2.05) is 13.8 Å². The smallest absolute Gasteiger partial charge is 0.225 e. The SMILES string of the molecule is CC(C)C(=O)N1CCC(C)(C)C(N2CCNCC2)C1. The zero-order chi connectivity index (χ0) is 14.0. The van der Waals surface area contributed by atoms with E-state index in [1.54, 1.807) is 0 Å². The summed E-state index contributed by atoms with van der Waals surface area (Å²) in [4.78, 5) is 16.9. The fourth-order valence-corrected chi connectivity index (χ4v) is 3.31. The Kier molecular flexibility index (Phi) is 4.51. The Bertz CT molecular complexity index is 321. The Morgan fingerprint density at radius 2 is 1.84 bits per heavy atom. The average Bonchev–Trinajstić information content (AvgIpc) is 2.38. The van der Waals surface area contributed by atoms with Crippen LogP contribution in [0.15, 0.2) is 0 Å². The van der Waals surface area contributed by atoms with Crippen LogP contribution in [0.4, 0.5) is 0 Å². The zero-order valence-electron chi connectivity index (χ0n) is 12.9. The van der Waals surface area contributed by atoms with Crippen LogP contribution in [0.3, 0.4) is 0 Å². The number of carbonyl (C=O) groups is 1. The molecule has 4 nitrogen and oxygen atoms in total. The molecule has 2 aliphatic heterocycles. The number of hydrogen-bond donors (Lipinski definition) is 1. The van der Waals surface area contributed by atoms with E-state index < -0.39 is 0 Å². The molecule has 1 unspecified atom stereocenters. The van der Waals surface area contributed by atoms with E-state index in [-0.39, 0.29) is 5.92 Å². The molecule has 110 valence electrons. The molecule has 2 fully saturated rings. The first-order valence-electron chi connectivity index (χ1n) is 7.65. The van der Waals surface area contributed by atoms with Crippen molar-refractivity contribution >= 4 is 5.91 Å². The Balaban J connectivity index is 2.06. The quantitative estimate of drug-likeness (QED) is 0.816. The minimum absolute atomic E-state index is 0.116. The van der Waals surface area contributed by atoms with Gasteiger partial charge in [0.2, 0.25) is 5.91 Å². The second-order valence-electron chi connectivity index (χ2n) is 6.98. The standard InChI is InChI=1S/C15H29N3O/c1-12(2)14(19)18-8-5-15(3,4)13(11-18)17-9-6-16-7-10-17/h12-13,16H,5-11H2,1-4H3. The monoisotopic (exact) mass is 267 g/mol. The number of likely N-dealkylation sites (tertiary alicyclic amines) is 1. The van der Waals surface area contributed by atoms with Crippen molar-refractivity contribution in [2.45, 2.75) is 40.2 Å². The predicted octanol–water partition coefficient (Wildman–Crippen LogP) is 1.17. The van der Waals surface area contributed by atoms with Gasteiger partial charge in [-0.15, -0.1) is 0 Å². The van der Waals surface area contributed by atoms with Crippen molar-refractivity contribution < 1.29 is 4.79 Å². The van der Waals surface area contributed by atoms with E-state index in [2.05, 4.69) is 29.0 Å². The minimum Gasteiger partial charge on any atom is -0.341 e. The summed E-state index contributed by atoms with van der Waals surface area (Å²) in [6.45, 7) is 14.9. The first-order valence-corrected chi connectivity index (χ1v) is 7.65. The summed E-state index contributed by atoms with van der Waals surface area (Å²) in [6, 6.07) is 0.506. The lowest BCUT2D eigenvalue weighted by Crippen LogP contribution is -2.61. The van der Waals surface area contributed by atoms with Gasteiger partial charge in [0.15, 0.2) is 0 Å². The molecule has 2 heterocycles. The second-order valence-corrected chi connectivity index (χ2v) is 6.98. The van der Waals surface area contributed by atoms with Crippen molar-refractivity contribution in [3.63, 3.8) is 0 Å². The molecule has 0 aromatic rings. The van der Waals surface area contributed by atoms with E-state index >= 15 is 0 Å². The van der Waals surface area contributed by atoms with Gasteiger partial charge in [0.25, 0.3) is 0 Å². The summed E-state index contributed by atoms with van der Waals surface area (Å²) in [5.74, 6) is 0.431. The molecular weight excluding hydrogens is 238 g/mol. The third kappa shape index (κ3) is 3.29. The molecule has 0 bridgehead atoms. The number of hydrogen-bond acceptors (Lipinski definition) is 3. The maximum absolute atomic E-state index is 12.2. The number of piperazine rings is 1. The predicted molar refractivity (Wildman–Crippen MR) is 78.0 cm³/mol. The topological polar surface area (TPSA) is 35.6 Å². The number of amides is 1. The lowest BCUT2D eigenvalue weighted by molar-refractivity contribution is -0.139. The van der Waals surface area contributed by atoms with Gasteiger partial charge >= 0.3 is 0 Å². The van der Waals surface area contributed by atoms with E-state index in [4.69, 9.17) is 0 Å². The van der Waals surface area contributed by atoms with E-state index in [0.717, 1.165) is 45.7 Å². The maximum Gasteiger partial charge on any atom is 0.225 e. The van der Waals surface area contributed by atoms with Crippen molar-refractivity contribution in [1.29, 1.82) is 0 Å². The summed E-state index contributed by atoms with van der Waals surface area (Å²) < 4.78 is 0. The Labute approximate surface area is 117 Å². The minimum atomic E-state index is 0.116. The van der Waals surface area contributed by atoms with E-state index in [0.29, 0.717) is 17.4 Å². The van der Waals surface area contributed by atoms with Crippen LogP contribution in [0.1, 0.15) is 34.1 Å². The fraction of sp³-hybridized carbons (Fsp3) is 0.933. The van der Waals surface area contributed by atoms with Crippen LogP contribution in [-0.4, -0.2) is 61.0 Å². The first kappa shape index (κ1) is 14.8. The molecule has 2 rings (SSSR count). The van der Waals surface area contributed by atoms with Crippen molar-refractivity contribution in [2.24, 2.45) is 11.3 Å². The van der Waals surface area contributed by atoms with Gasteiger partial charge in [0.05, 0.1) is 0 Å². The molecule has 2 saturated heterocycles. The Morgan fingerprint density at radius 1 is 1.21 bits per heavy atom. The zero-order valence-corrected chi connectivity index (χ0v) is 12.9. The molecule has 0 radical (unpaired) electrons. The van der Waals surface area contributed by atoms with Gasteiger partial charge in [-0.25, -0.2) is 0 Å². The van der Waals surface area contributed by atoms with Crippen LogP contribution in [0.2, 0.25) is 0 Å². The second kappa shape index (κ2) is 5.80. The molecule has 19 heavy (non-hydrogen) atoms. The normalized spacial score (nSPS) is 28.7. The fourth-order valence-electron chi connectivity index (χ4n) is 3.31. The van der Waals surface area contributed by atoms with E-state index in [1.165, 1.54) is 0 Å². The largest absolute Gasteiger partial charge is 0.341 e. The highest BCUT2D eigenvalue weighted by Gasteiger charge is 2.40. The van der Waals surface area contributed by atoms with Gasteiger partial charge in [0, 0.05) is 51.2 Å². The molecule has 1 N–H and O–H groups in total. The number of piperidine rings is 1. The van der Waals surface area contributed by atoms with Crippen molar-refractivity contribution in [3.05, 3.63) is 0 Å². The summed E-state index contributed by atoms with van der Waals surface area (Å²) in [5, 5.41) is 3.41. The summed E-state index contributed by atoms with van der Waals surface area (Å²) in [5.41, 5.74) is 0.311. The van der Waals surface area contributed by atoms with Gasteiger partial charge in [-0.05, 0) is 11.8 Å².